The van der Waals surface area contributed by atoms with Crippen molar-refractivity contribution in [3.63, 3.8) is 0 Å². The molecule has 0 aromatic carbocycles. The molecule has 1 heterocycles. The summed E-state index contributed by atoms with van der Waals surface area (Å²) in [5.74, 6) is 0. The Morgan fingerprint density at radius 3 is 2.42 bits per heavy atom. The Bertz CT molecular complexity index is 197. The topological polar surface area (TPSA) is 24.5 Å². The van der Waals surface area contributed by atoms with Gasteiger partial charge < -0.3 is 10.1 Å². The summed E-state index contributed by atoms with van der Waals surface area (Å²) in [5, 5.41) is 3.59. The Hall–Kier alpha value is -0.120. The number of hydrogen-bond donors (Lipinski definition) is 1. The quantitative estimate of drug-likeness (QED) is 0.624. The van der Waals surface area contributed by atoms with E-state index in [1.54, 1.807) is 0 Å². The Morgan fingerprint density at radius 2 is 1.89 bits per heavy atom. The van der Waals surface area contributed by atoms with Gasteiger partial charge in [-0.15, -0.1) is 0 Å². The van der Waals surface area contributed by atoms with Crippen LogP contribution in [0.3, 0.4) is 0 Å². The van der Waals surface area contributed by atoms with Crippen molar-refractivity contribution in [3.05, 3.63) is 0 Å². The van der Waals surface area contributed by atoms with E-state index in [9.17, 15) is 0 Å². The largest absolute Gasteiger partial charge is 0.377 e. The maximum absolute atomic E-state index is 5.65. The minimum Gasteiger partial charge on any atom is -0.377 e. The summed E-state index contributed by atoms with van der Waals surface area (Å²) in [5.41, 5.74) is 0. The van der Waals surface area contributed by atoms with Crippen molar-refractivity contribution >= 4 is 0 Å². The highest BCUT2D eigenvalue weighted by Crippen LogP contribution is 2.11. The molecule has 3 heteroatoms. The van der Waals surface area contributed by atoms with Gasteiger partial charge in [0.2, 0.25) is 0 Å². The van der Waals surface area contributed by atoms with Gasteiger partial charge in [-0.25, -0.2) is 0 Å². The molecule has 2 unspecified atom stereocenters. The lowest BCUT2D eigenvalue weighted by molar-refractivity contribution is 0.107. The van der Waals surface area contributed by atoms with Crippen LogP contribution >= 0.6 is 0 Å². The van der Waals surface area contributed by atoms with Gasteiger partial charge in [-0.2, -0.15) is 0 Å². The lowest BCUT2D eigenvalue weighted by Gasteiger charge is -2.29. The third kappa shape index (κ3) is 7.28. The molecule has 2 atom stereocenters. The molecule has 0 aromatic heterocycles. The maximum Gasteiger partial charge on any atom is 0.0700 e. The predicted octanol–water partition coefficient (Wildman–Crippen LogP) is 3.05. The first-order chi connectivity index (χ1) is 9.27. The summed E-state index contributed by atoms with van der Waals surface area (Å²) >= 11 is 0. The van der Waals surface area contributed by atoms with Gasteiger partial charge in [-0.1, -0.05) is 26.7 Å². The van der Waals surface area contributed by atoms with E-state index in [-0.39, 0.29) is 0 Å². The molecule has 1 aliphatic heterocycles. The molecule has 1 aliphatic rings. The Labute approximate surface area is 120 Å². The zero-order valence-corrected chi connectivity index (χ0v) is 13.3. The second kappa shape index (κ2) is 10.6. The van der Waals surface area contributed by atoms with Gasteiger partial charge in [0.15, 0.2) is 0 Å². The van der Waals surface area contributed by atoms with Crippen LogP contribution in [0.4, 0.5) is 0 Å². The molecule has 1 N–H and O–H groups in total. The fourth-order valence-corrected chi connectivity index (χ4v) is 2.66. The molecule has 0 saturated carbocycles. The zero-order valence-electron chi connectivity index (χ0n) is 13.3. The molecule has 19 heavy (non-hydrogen) atoms. The molecule has 1 rings (SSSR count). The lowest BCUT2D eigenvalue weighted by Crippen LogP contribution is -2.43. The highest BCUT2D eigenvalue weighted by molar-refractivity contribution is 4.73. The van der Waals surface area contributed by atoms with E-state index in [0.29, 0.717) is 12.1 Å². The Balaban J connectivity index is 2.18. The Morgan fingerprint density at radius 1 is 1.21 bits per heavy atom. The van der Waals surface area contributed by atoms with Gasteiger partial charge >= 0.3 is 0 Å². The lowest BCUT2D eigenvalue weighted by atomic mass is 10.2. The molecule has 0 spiro atoms. The van der Waals surface area contributed by atoms with Crippen molar-refractivity contribution in [1.82, 2.24) is 10.2 Å². The smallest absolute Gasteiger partial charge is 0.0700 e. The van der Waals surface area contributed by atoms with Crippen molar-refractivity contribution in [2.75, 3.05) is 32.8 Å². The summed E-state index contributed by atoms with van der Waals surface area (Å²) in [6.45, 7) is 12.5. The monoisotopic (exact) mass is 270 g/mol. The molecule has 114 valence electrons. The molecule has 0 radical (unpaired) electrons. The molecule has 0 amide bonds. The maximum atomic E-state index is 5.65. The molecule has 0 aliphatic carbocycles. The van der Waals surface area contributed by atoms with Gasteiger partial charge in [-0.3, -0.25) is 4.90 Å². The van der Waals surface area contributed by atoms with Crippen LogP contribution in [0.15, 0.2) is 0 Å². The standard InChI is InChI=1S/C16H34N2O/c1-4-6-10-18(11-7-5-2)15(3)13-17-14-16-9-8-12-19-16/h15-17H,4-14H2,1-3H3. The first-order valence-electron chi connectivity index (χ1n) is 8.34. The number of unbranched alkanes of at least 4 members (excludes halogenated alkanes) is 2. The van der Waals surface area contributed by atoms with E-state index in [1.165, 1.54) is 51.6 Å². The Kier molecular flexibility index (Phi) is 9.48. The third-order valence-corrected chi connectivity index (χ3v) is 4.06. The van der Waals surface area contributed by atoms with Gasteiger partial charge in [0, 0.05) is 25.7 Å². The van der Waals surface area contributed by atoms with Gasteiger partial charge in [0.05, 0.1) is 6.10 Å². The zero-order chi connectivity index (χ0) is 13.9. The van der Waals surface area contributed by atoms with Crippen LogP contribution in [0.5, 0.6) is 0 Å². The van der Waals surface area contributed by atoms with Crippen LogP contribution in [0.2, 0.25) is 0 Å². The van der Waals surface area contributed by atoms with Crippen LogP contribution in [-0.4, -0.2) is 49.8 Å². The number of rotatable bonds is 11. The van der Waals surface area contributed by atoms with Gasteiger partial charge in [-0.05, 0) is 45.7 Å². The molecule has 1 saturated heterocycles. The first-order valence-corrected chi connectivity index (χ1v) is 8.34. The minimum atomic E-state index is 0.465. The van der Waals surface area contributed by atoms with E-state index < -0.39 is 0 Å². The molecular weight excluding hydrogens is 236 g/mol. The molecule has 0 bridgehead atoms. The summed E-state index contributed by atoms with van der Waals surface area (Å²) in [4.78, 5) is 2.65. The third-order valence-electron chi connectivity index (χ3n) is 4.06. The van der Waals surface area contributed by atoms with Crippen LogP contribution < -0.4 is 5.32 Å². The second-order valence-electron chi connectivity index (χ2n) is 5.89. The molecule has 0 aromatic rings. The van der Waals surface area contributed by atoms with Gasteiger partial charge in [0.25, 0.3) is 0 Å². The normalized spacial score (nSPS) is 21.2. The number of nitrogens with zero attached hydrogens (tertiary/aromatic N) is 1. The second-order valence-corrected chi connectivity index (χ2v) is 5.89. The van der Waals surface area contributed by atoms with E-state index in [1.807, 2.05) is 0 Å². The fourth-order valence-electron chi connectivity index (χ4n) is 2.66. The van der Waals surface area contributed by atoms with E-state index in [2.05, 4.69) is 31.0 Å². The molecule has 3 nitrogen and oxygen atoms in total. The van der Waals surface area contributed by atoms with E-state index in [4.69, 9.17) is 4.74 Å². The summed E-state index contributed by atoms with van der Waals surface area (Å²) in [6, 6.07) is 0.638. The van der Waals surface area contributed by atoms with Crippen molar-refractivity contribution in [3.8, 4) is 0 Å². The number of nitrogens with one attached hydrogen (secondary N) is 1. The fraction of sp³-hybridized carbons (Fsp3) is 1.00. The number of ether oxygens (including phenoxy) is 1. The van der Waals surface area contributed by atoms with Crippen molar-refractivity contribution in [2.45, 2.75) is 71.4 Å². The average Bonchev–Trinajstić information content (AvgIpc) is 2.92. The van der Waals surface area contributed by atoms with Crippen LogP contribution in [-0.2, 0) is 4.74 Å². The van der Waals surface area contributed by atoms with Crippen LogP contribution in [0.1, 0.15) is 59.3 Å². The van der Waals surface area contributed by atoms with Crippen LogP contribution in [0, 0.1) is 0 Å². The average molecular weight is 270 g/mol. The van der Waals surface area contributed by atoms with E-state index in [0.717, 1.165) is 19.7 Å². The minimum absolute atomic E-state index is 0.465. The number of hydrogen-bond acceptors (Lipinski definition) is 3. The summed E-state index contributed by atoms with van der Waals surface area (Å²) < 4.78 is 5.65. The highest BCUT2D eigenvalue weighted by Gasteiger charge is 2.16. The SMILES string of the molecule is CCCCN(CCCC)C(C)CNCC1CCCO1. The summed E-state index contributed by atoms with van der Waals surface area (Å²) in [6.07, 6.45) is 8.15. The van der Waals surface area contributed by atoms with E-state index >= 15 is 0 Å². The highest BCUT2D eigenvalue weighted by atomic mass is 16.5. The van der Waals surface area contributed by atoms with Crippen molar-refractivity contribution < 1.29 is 4.74 Å². The summed E-state index contributed by atoms with van der Waals surface area (Å²) in [7, 11) is 0. The first kappa shape index (κ1) is 16.9. The van der Waals surface area contributed by atoms with Crippen molar-refractivity contribution in [1.29, 1.82) is 0 Å². The molecule has 1 fully saturated rings. The van der Waals surface area contributed by atoms with Crippen molar-refractivity contribution in [2.24, 2.45) is 0 Å². The predicted molar refractivity (Wildman–Crippen MR) is 82.7 cm³/mol. The van der Waals surface area contributed by atoms with Gasteiger partial charge in [0.1, 0.15) is 0 Å². The molecular formula is C16H34N2O. The van der Waals surface area contributed by atoms with Crippen LogP contribution in [0.25, 0.3) is 0 Å².